The molecule has 1 atom stereocenters. The number of nitrogens with zero attached hydrogens (tertiary/aromatic N) is 1. The first-order chi connectivity index (χ1) is 10.00. The molecule has 21 heavy (non-hydrogen) atoms. The van der Waals surface area contributed by atoms with E-state index in [1.807, 2.05) is 25.1 Å². The van der Waals surface area contributed by atoms with Crippen LogP contribution in [-0.4, -0.2) is 38.4 Å². The molecule has 1 saturated heterocycles. The highest BCUT2D eigenvalue weighted by atomic mass is 35.5. The fourth-order valence-electron chi connectivity index (χ4n) is 2.71. The Morgan fingerprint density at radius 3 is 2.62 bits per heavy atom. The Morgan fingerprint density at radius 2 is 1.90 bits per heavy atom. The number of nitrogens with one attached hydrogen (secondary N) is 1. The number of hydrogen-bond acceptors (Lipinski definition) is 3. The summed E-state index contributed by atoms with van der Waals surface area (Å²) in [6.07, 6.45) is 0. The topological polar surface area (TPSA) is 49.4 Å². The Morgan fingerprint density at radius 1 is 1.19 bits per heavy atom. The van der Waals surface area contributed by atoms with Crippen molar-refractivity contribution in [3.8, 4) is 0 Å². The van der Waals surface area contributed by atoms with Crippen molar-refractivity contribution < 1.29 is 8.42 Å². The Kier molecular flexibility index (Phi) is 3.92. The first kappa shape index (κ1) is 14.8. The molecule has 1 heterocycles. The average Bonchev–Trinajstić information content (AvgIpc) is 2.47. The highest BCUT2D eigenvalue weighted by molar-refractivity contribution is 7.89. The minimum Gasteiger partial charge on any atom is -0.312 e. The summed E-state index contributed by atoms with van der Waals surface area (Å²) in [6.45, 7) is 3.64. The van der Waals surface area contributed by atoms with Gasteiger partial charge >= 0.3 is 0 Å². The number of hydrogen-bond donors (Lipinski definition) is 1. The van der Waals surface area contributed by atoms with Gasteiger partial charge in [-0.25, -0.2) is 8.42 Å². The second-order valence-electron chi connectivity index (χ2n) is 5.31. The zero-order valence-electron chi connectivity index (χ0n) is 11.7. The molecule has 0 bridgehead atoms. The average molecular weight is 325 g/mol. The molecule has 1 aliphatic rings. The minimum atomic E-state index is -3.50. The Hall–Kier alpha value is -1.14. The second-order valence-corrected chi connectivity index (χ2v) is 7.62. The van der Waals surface area contributed by atoms with Gasteiger partial charge in [0, 0.05) is 41.5 Å². The van der Waals surface area contributed by atoms with Crippen LogP contribution in [0.25, 0.3) is 10.8 Å². The molecule has 0 spiro atoms. The second kappa shape index (κ2) is 5.57. The van der Waals surface area contributed by atoms with Crippen molar-refractivity contribution in [2.75, 3.05) is 19.6 Å². The Labute approximate surface area is 129 Å². The van der Waals surface area contributed by atoms with Crippen LogP contribution in [0, 0.1) is 0 Å². The van der Waals surface area contributed by atoms with Crippen molar-refractivity contribution >= 4 is 32.4 Å². The van der Waals surface area contributed by atoms with Crippen molar-refractivity contribution in [1.82, 2.24) is 9.62 Å². The van der Waals surface area contributed by atoms with Crippen molar-refractivity contribution in [1.29, 1.82) is 0 Å². The van der Waals surface area contributed by atoms with E-state index in [0.717, 1.165) is 5.39 Å². The number of benzene rings is 2. The van der Waals surface area contributed by atoms with Gasteiger partial charge in [-0.2, -0.15) is 4.31 Å². The maximum atomic E-state index is 12.9. The van der Waals surface area contributed by atoms with E-state index in [9.17, 15) is 8.42 Å². The molecule has 4 nitrogen and oxygen atoms in total. The quantitative estimate of drug-likeness (QED) is 0.923. The summed E-state index contributed by atoms with van der Waals surface area (Å²) in [5.74, 6) is 0. The summed E-state index contributed by atoms with van der Waals surface area (Å²) in [6, 6.07) is 10.8. The summed E-state index contributed by atoms with van der Waals surface area (Å²) in [5.41, 5.74) is 0. The molecule has 2 aromatic carbocycles. The summed E-state index contributed by atoms with van der Waals surface area (Å²) < 4.78 is 27.4. The van der Waals surface area contributed by atoms with E-state index in [4.69, 9.17) is 11.6 Å². The monoisotopic (exact) mass is 324 g/mol. The van der Waals surface area contributed by atoms with Gasteiger partial charge in [-0.05, 0) is 19.1 Å². The zero-order valence-corrected chi connectivity index (χ0v) is 13.3. The molecule has 1 fully saturated rings. The smallest absolute Gasteiger partial charge is 0.243 e. The Balaban J connectivity index is 2.13. The van der Waals surface area contributed by atoms with Crippen molar-refractivity contribution in [3.63, 3.8) is 0 Å². The van der Waals surface area contributed by atoms with Gasteiger partial charge in [0.05, 0.1) is 4.90 Å². The van der Waals surface area contributed by atoms with E-state index in [1.54, 1.807) is 22.5 Å². The number of halogens is 1. The predicted molar refractivity (Wildman–Crippen MR) is 85.2 cm³/mol. The lowest BCUT2D eigenvalue weighted by atomic mass is 10.1. The molecule has 6 heteroatoms. The third kappa shape index (κ3) is 2.66. The van der Waals surface area contributed by atoms with Crippen LogP contribution < -0.4 is 5.32 Å². The standard InChI is InChI=1S/C15H17ClN2O2S/c1-11-10-18(9-8-17-11)21(19,20)15-7-6-14(16)12-4-2-3-5-13(12)15/h2-7,11,17H,8-10H2,1H3. The summed E-state index contributed by atoms with van der Waals surface area (Å²) in [4.78, 5) is 0.330. The fraction of sp³-hybridized carbons (Fsp3) is 0.333. The van der Waals surface area contributed by atoms with Gasteiger partial charge in [0.1, 0.15) is 0 Å². The molecular formula is C15H17ClN2O2S. The molecule has 2 aromatic rings. The third-order valence-corrected chi connectivity index (χ3v) is 6.03. The summed E-state index contributed by atoms with van der Waals surface area (Å²) >= 11 is 6.17. The van der Waals surface area contributed by atoms with Crippen LogP contribution in [0.15, 0.2) is 41.3 Å². The molecule has 0 aromatic heterocycles. The highest BCUT2D eigenvalue weighted by Gasteiger charge is 2.29. The maximum Gasteiger partial charge on any atom is 0.243 e. The van der Waals surface area contributed by atoms with Gasteiger partial charge < -0.3 is 5.32 Å². The number of sulfonamides is 1. The van der Waals surface area contributed by atoms with E-state index < -0.39 is 10.0 Å². The van der Waals surface area contributed by atoms with Crippen LogP contribution in [0.1, 0.15) is 6.92 Å². The molecule has 1 unspecified atom stereocenters. The molecule has 1 aliphatic heterocycles. The van der Waals surface area contributed by atoms with Gasteiger partial charge in [0.2, 0.25) is 10.0 Å². The highest BCUT2D eigenvalue weighted by Crippen LogP contribution is 2.31. The number of piperazine rings is 1. The Bertz CT molecular complexity index is 776. The SMILES string of the molecule is CC1CN(S(=O)(=O)c2ccc(Cl)c3ccccc23)CCN1. The lowest BCUT2D eigenvalue weighted by Gasteiger charge is -2.31. The van der Waals surface area contributed by atoms with Gasteiger partial charge in [-0.1, -0.05) is 35.9 Å². The van der Waals surface area contributed by atoms with E-state index in [-0.39, 0.29) is 6.04 Å². The van der Waals surface area contributed by atoms with E-state index in [0.29, 0.717) is 34.9 Å². The van der Waals surface area contributed by atoms with Crippen LogP contribution in [0.4, 0.5) is 0 Å². The maximum absolute atomic E-state index is 12.9. The van der Waals surface area contributed by atoms with Gasteiger partial charge in [-0.3, -0.25) is 0 Å². The van der Waals surface area contributed by atoms with E-state index >= 15 is 0 Å². The molecule has 3 rings (SSSR count). The first-order valence-corrected chi connectivity index (χ1v) is 8.73. The summed E-state index contributed by atoms with van der Waals surface area (Å²) in [7, 11) is -3.50. The molecule has 112 valence electrons. The molecule has 1 N–H and O–H groups in total. The number of fused-ring (bicyclic) bond motifs is 1. The van der Waals surface area contributed by atoms with E-state index in [2.05, 4.69) is 5.32 Å². The van der Waals surface area contributed by atoms with E-state index in [1.165, 1.54) is 0 Å². The molecule has 0 aliphatic carbocycles. The van der Waals surface area contributed by atoms with Crippen LogP contribution in [0.2, 0.25) is 5.02 Å². The summed E-state index contributed by atoms with van der Waals surface area (Å²) in [5, 5.41) is 5.27. The van der Waals surface area contributed by atoms with Crippen LogP contribution >= 0.6 is 11.6 Å². The van der Waals surface area contributed by atoms with Crippen LogP contribution in [0.3, 0.4) is 0 Å². The lowest BCUT2D eigenvalue weighted by molar-refractivity contribution is 0.310. The predicted octanol–water partition coefficient (Wildman–Crippen LogP) is 2.48. The van der Waals surface area contributed by atoms with Crippen molar-refractivity contribution in [2.24, 2.45) is 0 Å². The molecule has 0 saturated carbocycles. The zero-order chi connectivity index (χ0) is 15.0. The first-order valence-electron chi connectivity index (χ1n) is 6.91. The van der Waals surface area contributed by atoms with Crippen molar-refractivity contribution in [2.45, 2.75) is 17.9 Å². The van der Waals surface area contributed by atoms with Gasteiger partial charge in [-0.15, -0.1) is 0 Å². The molecule has 0 amide bonds. The third-order valence-electron chi connectivity index (χ3n) is 3.78. The van der Waals surface area contributed by atoms with Crippen LogP contribution in [-0.2, 0) is 10.0 Å². The normalized spacial score (nSPS) is 20.8. The number of rotatable bonds is 2. The lowest BCUT2D eigenvalue weighted by Crippen LogP contribution is -2.51. The fourth-order valence-corrected chi connectivity index (χ4v) is 4.67. The van der Waals surface area contributed by atoms with Gasteiger partial charge in [0.15, 0.2) is 0 Å². The van der Waals surface area contributed by atoms with Crippen LogP contribution in [0.5, 0.6) is 0 Å². The molecular weight excluding hydrogens is 308 g/mol. The molecule has 0 radical (unpaired) electrons. The minimum absolute atomic E-state index is 0.159. The van der Waals surface area contributed by atoms with Crippen molar-refractivity contribution in [3.05, 3.63) is 41.4 Å². The van der Waals surface area contributed by atoms with Gasteiger partial charge in [0.25, 0.3) is 0 Å². The largest absolute Gasteiger partial charge is 0.312 e.